The summed E-state index contributed by atoms with van der Waals surface area (Å²) in [6, 6.07) is 17.0. The minimum Gasteiger partial charge on any atom is -0.487 e. The number of halogens is 2. The summed E-state index contributed by atoms with van der Waals surface area (Å²) in [5.74, 6) is 0.151. The van der Waals surface area contributed by atoms with Crippen molar-refractivity contribution in [2.24, 2.45) is 0 Å². The standard InChI is InChI=1S/C32H32Cl2N4O4S2/c1-19-16-20(2)37-30-23(19)6-4-8-27(30)42-18-24-25(33)13-14-28(29(24)34)44(40,41)38-15-5-7-26(38)32(39)36-17-21-9-11-22(12-10-21)31(35)43-3/h4,6,8-14,16,26,35H,5,7,15,17-18H2,1-3H3,(H,36,39)/t26-/m0/s1. The van der Waals surface area contributed by atoms with Crippen molar-refractivity contribution >= 4 is 66.8 Å². The van der Waals surface area contributed by atoms with Crippen molar-refractivity contribution in [3.63, 3.8) is 0 Å². The molecular weight excluding hydrogens is 639 g/mol. The zero-order chi connectivity index (χ0) is 31.6. The number of nitrogens with zero attached hydrogens (tertiary/aromatic N) is 2. The van der Waals surface area contributed by atoms with Gasteiger partial charge in [0.25, 0.3) is 0 Å². The molecule has 1 atom stereocenters. The van der Waals surface area contributed by atoms with Crippen LogP contribution in [-0.2, 0) is 28.0 Å². The van der Waals surface area contributed by atoms with E-state index >= 15 is 0 Å². The van der Waals surface area contributed by atoms with Gasteiger partial charge in [-0.3, -0.25) is 10.2 Å². The Bertz CT molecular complexity index is 1850. The molecule has 44 heavy (non-hydrogen) atoms. The third kappa shape index (κ3) is 6.60. The van der Waals surface area contributed by atoms with Gasteiger partial charge in [-0.1, -0.05) is 59.6 Å². The molecule has 1 amide bonds. The molecule has 5 rings (SSSR count). The quantitative estimate of drug-likeness (QED) is 0.148. The van der Waals surface area contributed by atoms with Gasteiger partial charge in [-0.25, -0.2) is 13.4 Å². The SMILES string of the molecule is CSC(=N)c1ccc(CNC(=O)[C@@H]2CCCN2S(=O)(=O)c2ccc(Cl)c(COc3cccc4c(C)cc(C)nc34)c2Cl)cc1. The maximum absolute atomic E-state index is 13.9. The van der Waals surface area contributed by atoms with Crippen molar-refractivity contribution in [2.45, 2.75) is 50.8 Å². The van der Waals surface area contributed by atoms with Crippen molar-refractivity contribution in [1.82, 2.24) is 14.6 Å². The van der Waals surface area contributed by atoms with Crippen LogP contribution in [0.25, 0.3) is 10.9 Å². The second kappa shape index (κ2) is 13.5. The number of fused-ring (bicyclic) bond motifs is 1. The molecule has 0 aliphatic carbocycles. The molecule has 1 aliphatic heterocycles. The van der Waals surface area contributed by atoms with Gasteiger partial charge in [-0.2, -0.15) is 4.31 Å². The van der Waals surface area contributed by atoms with Crippen molar-refractivity contribution < 1.29 is 17.9 Å². The Hall–Kier alpha value is -3.15. The summed E-state index contributed by atoms with van der Waals surface area (Å²) in [6.07, 6.45) is 2.77. The number of pyridine rings is 1. The predicted octanol–water partition coefficient (Wildman–Crippen LogP) is 6.90. The van der Waals surface area contributed by atoms with Gasteiger partial charge in [0.15, 0.2) is 0 Å². The molecular formula is C32H32Cl2N4O4S2. The van der Waals surface area contributed by atoms with Crippen LogP contribution in [-0.4, -0.2) is 47.5 Å². The summed E-state index contributed by atoms with van der Waals surface area (Å²) in [4.78, 5) is 17.7. The van der Waals surface area contributed by atoms with Crippen LogP contribution in [0.2, 0.25) is 10.0 Å². The number of carbonyl (C=O) groups is 1. The summed E-state index contributed by atoms with van der Waals surface area (Å²) in [5, 5.41) is 12.4. The largest absolute Gasteiger partial charge is 0.487 e. The van der Waals surface area contributed by atoms with E-state index < -0.39 is 16.1 Å². The van der Waals surface area contributed by atoms with Gasteiger partial charge >= 0.3 is 0 Å². The average Bonchev–Trinajstić information content (AvgIpc) is 3.51. The highest BCUT2D eigenvalue weighted by Crippen LogP contribution is 2.36. The lowest BCUT2D eigenvalue weighted by molar-refractivity contribution is -0.124. The monoisotopic (exact) mass is 670 g/mol. The number of para-hydroxylation sites is 1. The molecule has 1 aromatic heterocycles. The number of aromatic nitrogens is 1. The second-order valence-electron chi connectivity index (χ2n) is 10.6. The molecule has 1 fully saturated rings. The second-order valence-corrected chi connectivity index (χ2v) is 14.0. The first-order chi connectivity index (χ1) is 21.0. The molecule has 0 radical (unpaired) electrons. The molecule has 2 N–H and O–H groups in total. The number of carbonyl (C=O) groups excluding carboxylic acids is 1. The van der Waals surface area contributed by atoms with E-state index in [2.05, 4.69) is 10.3 Å². The smallest absolute Gasteiger partial charge is 0.245 e. The zero-order valence-corrected chi connectivity index (χ0v) is 27.6. The Balaban J connectivity index is 1.34. The third-order valence-electron chi connectivity index (χ3n) is 7.64. The fourth-order valence-corrected chi connectivity index (χ4v) is 8.24. The highest BCUT2D eigenvalue weighted by Gasteiger charge is 2.40. The van der Waals surface area contributed by atoms with Crippen LogP contribution in [0.5, 0.6) is 5.75 Å². The Morgan fingerprint density at radius 2 is 1.89 bits per heavy atom. The molecule has 0 saturated carbocycles. The van der Waals surface area contributed by atoms with Crippen LogP contribution >= 0.6 is 35.0 Å². The van der Waals surface area contributed by atoms with Crippen molar-refractivity contribution in [1.29, 1.82) is 5.41 Å². The lowest BCUT2D eigenvalue weighted by atomic mass is 10.1. The molecule has 12 heteroatoms. The topological polar surface area (TPSA) is 112 Å². The van der Waals surface area contributed by atoms with E-state index in [-0.39, 0.29) is 40.5 Å². The summed E-state index contributed by atoms with van der Waals surface area (Å²) in [6.45, 7) is 4.27. The lowest BCUT2D eigenvalue weighted by Crippen LogP contribution is -2.45. The van der Waals surface area contributed by atoms with Crippen LogP contribution < -0.4 is 10.1 Å². The highest BCUT2D eigenvalue weighted by molar-refractivity contribution is 8.13. The van der Waals surface area contributed by atoms with E-state index in [1.807, 2.05) is 62.6 Å². The normalized spacial score (nSPS) is 15.4. The molecule has 0 bridgehead atoms. The number of amides is 1. The molecule has 1 aliphatic rings. The number of hydrogen-bond acceptors (Lipinski definition) is 7. The van der Waals surface area contributed by atoms with Gasteiger partial charge in [0.2, 0.25) is 15.9 Å². The maximum Gasteiger partial charge on any atom is 0.245 e. The maximum atomic E-state index is 13.9. The van der Waals surface area contributed by atoms with E-state index in [9.17, 15) is 13.2 Å². The van der Waals surface area contributed by atoms with E-state index in [1.165, 1.54) is 28.2 Å². The van der Waals surface area contributed by atoms with Gasteiger partial charge in [0.1, 0.15) is 28.8 Å². The number of nitrogens with one attached hydrogen (secondary N) is 2. The molecule has 0 unspecified atom stereocenters. The van der Waals surface area contributed by atoms with Gasteiger partial charge in [-0.05, 0) is 68.3 Å². The number of benzene rings is 3. The molecule has 4 aromatic rings. The third-order valence-corrected chi connectivity index (χ3v) is 11.1. The van der Waals surface area contributed by atoms with E-state index in [1.54, 1.807) is 6.07 Å². The van der Waals surface area contributed by atoms with Crippen LogP contribution in [0.15, 0.2) is 65.6 Å². The Kier molecular flexibility index (Phi) is 9.86. The van der Waals surface area contributed by atoms with Gasteiger partial charge in [-0.15, -0.1) is 11.8 Å². The van der Waals surface area contributed by atoms with E-state index in [0.29, 0.717) is 34.7 Å². The molecule has 1 saturated heterocycles. The summed E-state index contributed by atoms with van der Waals surface area (Å²) < 4.78 is 35.1. The summed E-state index contributed by atoms with van der Waals surface area (Å²) in [5.41, 5.74) is 4.59. The fourth-order valence-electron chi connectivity index (χ4n) is 5.34. The van der Waals surface area contributed by atoms with Crippen molar-refractivity contribution in [3.8, 4) is 5.75 Å². The van der Waals surface area contributed by atoms with Crippen LogP contribution in [0.3, 0.4) is 0 Å². The molecule has 3 aromatic carbocycles. The van der Waals surface area contributed by atoms with Crippen LogP contribution in [0.1, 0.15) is 40.8 Å². The lowest BCUT2D eigenvalue weighted by Gasteiger charge is -2.24. The first-order valence-corrected chi connectivity index (χ1v) is 17.4. The molecule has 0 spiro atoms. The number of hydrogen-bond donors (Lipinski definition) is 2. The van der Waals surface area contributed by atoms with Crippen molar-refractivity contribution in [2.75, 3.05) is 12.8 Å². The predicted molar refractivity (Wildman–Crippen MR) is 178 cm³/mol. The highest BCUT2D eigenvalue weighted by atomic mass is 35.5. The number of thioether (sulfide) groups is 1. The number of aryl methyl sites for hydroxylation is 2. The fraction of sp³-hybridized carbons (Fsp3) is 0.281. The van der Waals surface area contributed by atoms with Gasteiger partial charge < -0.3 is 10.1 Å². The number of rotatable bonds is 9. The Morgan fingerprint density at radius 1 is 1.14 bits per heavy atom. The minimum absolute atomic E-state index is 0.0417. The molecule has 2 heterocycles. The minimum atomic E-state index is -4.14. The van der Waals surface area contributed by atoms with Gasteiger partial charge in [0, 0.05) is 40.3 Å². The first kappa shape index (κ1) is 32.2. The molecule has 230 valence electrons. The number of ether oxygens (including phenoxy) is 1. The summed E-state index contributed by atoms with van der Waals surface area (Å²) >= 11 is 14.6. The average molecular weight is 672 g/mol. The summed E-state index contributed by atoms with van der Waals surface area (Å²) in [7, 11) is -4.14. The first-order valence-electron chi connectivity index (χ1n) is 14.0. The Labute approximate surface area is 271 Å². The van der Waals surface area contributed by atoms with Gasteiger partial charge in [0.05, 0.1) is 10.1 Å². The molecule has 8 nitrogen and oxygen atoms in total. The number of sulfonamides is 1. The van der Waals surface area contributed by atoms with Crippen molar-refractivity contribution in [3.05, 3.63) is 98.7 Å². The van der Waals surface area contributed by atoms with Crippen LogP contribution in [0.4, 0.5) is 0 Å². The van der Waals surface area contributed by atoms with E-state index in [0.717, 1.165) is 27.8 Å². The van der Waals surface area contributed by atoms with E-state index in [4.69, 9.17) is 33.3 Å². The zero-order valence-electron chi connectivity index (χ0n) is 24.5. The van der Waals surface area contributed by atoms with Crippen LogP contribution in [0, 0.1) is 19.3 Å². The Morgan fingerprint density at radius 3 is 2.61 bits per heavy atom.